The minimum atomic E-state index is -5.72. The first kappa shape index (κ1) is 25.4. The Kier molecular flexibility index (Phi) is 6.37. The van der Waals surface area contributed by atoms with Gasteiger partial charge in [-0.25, -0.2) is 4.79 Å². The standard InChI is InChI=1S/C21H23F5N5O3/c1-12-6-14(29(5)18(32)34-19(2,3)4)10-31(33)17(12)15-7-13-8-28-30(16(13)9-27-15)11-20(22,23)21(24,25)26/h6-9H,10-11H2,1-5H3/q-1. The van der Waals surface area contributed by atoms with Crippen LogP contribution >= 0.6 is 0 Å². The minimum Gasteiger partial charge on any atom is -0.758 e. The molecule has 0 atom stereocenters. The van der Waals surface area contributed by atoms with Crippen LogP contribution in [0.2, 0.25) is 0 Å². The summed E-state index contributed by atoms with van der Waals surface area (Å²) < 4.78 is 70.3. The molecule has 0 fully saturated rings. The van der Waals surface area contributed by atoms with Crippen LogP contribution in [0.3, 0.4) is 0 Å². The second-order valence-corrected chi connectivity index (χ2v) is 8.88. The minimum absolute atomic E-state index is 0.0416. The Balaban J connectivity index is 1.91. The van der Waals surface area contributed by atoms with Crippen molar-refractivity contribution < 1.29 is 31.5 Å². The van der Waals surface area contributed by atoms with Crippen molar-refractivity contribution in [2.24, 2.45) is 0 Å². The number of fused-ring (bicyclic) bond motifs is 1. The van der Waals surface area contributed by atoms with E-state index in [0.717, 1.165) is 12.4 Å². The average Bonchev–Trinajstić information content (AvgIpc) is 3.06. The van der Waals surface area contributed by atoms with Crippen molar-refractivity contribution in [1.82, 2.24) is 24.7 Å². The molecule has 3 heterocycles. The maximum Gasteiger partial charge on any atom is 0.455 e. The number of allylic oxidation sites excluding steroid dienone is 2. The van der Waals surface area contributed by atoms with Crippen LogP contribution in [0, 0.1) is 5.21 Å². The first-order chi connectivity index (χ1) is 15.5. The number of carbonyl (C=O) groups is 1. The summed E-state index contributed by atoms with van der Waals surface area (Å²) in [6.07, 6.45) is -2.52. The van der Waals surface area contributed by atoms with Crippen LogP contribution in [-0.4, -0.2) is 62.1 Å². The van der Waals surface area contributed by atoms with Gasteiger partial charge in [0.05, 0.1) is 29.3 Å². The lowest BCUT2D eigenvalue weighted by Gasteiger charge is -2.39. The Labute approximate surface area is 191 Å². The van der Waals surface area contributed by atoms with Crippen molar-refractivity contribution in [3.05, 3.63) is 46.7 Å². The monoisotopic (exact) mass is 488 g/mol. The van der Waals surface area contributed by atoms with Gasteiger partial charge in [0.25, 0.3) is 0 Å². The van der Waals surface area contributed by atoms with E-state index >= 15 is 0 Å². The van der Waals surface area contributed by atoms with Crippen molar-refractivity contribution in [2.45, 2.75) is 51.9 Å². The van der Waals surface area contributed by atoms with E-state index in [2.05, 4.69) is 10.1 Å². The third-order valence-corrected chi connectivity index (χ3v) is 4.94. The summed E-state index contributed by atoms with van der Waals surface area (Å²) in [4.78, 5) is 17.6. The van der Waals surface area contributed by atoms with Crippen LogP contribution in [-0.2, 0) is 11.3 Å². The molecule has 0 saturated heterocycles. The van der Waals surface area contributed by atoms with Gasteiger partial charge < -0.3 is 15.0 Å². The Morgan fingerprint density at radius 2 is 1.85 bits per heavy atom. The number of hydrogen-bond donors (Lipinski definition) is 0. The predicted molar refractivity (Wildman–Crippen MR) is 113 cm³/mol. The number of ether oxygens (including phenoxy) is 1. The van der Waals surface area contributed by atoms with Crippen molar-refractivity contribution in [3.63, 3.8) is 0 Å². The molecule has 3 rings (SSSR count). The number of hydroxylamine groups is 2. The molecule has 8 nitrogen and oxygen atoms in total. The summed E-state index contributed by atoms with van der Waals surface area (Å²) in [5.74, 6) is -4.97. The Morgan fingerprint density at radius 1 is 1.21 bits per heavy atom. The van der Waals surface area contributed by atoms with Gasteiger partial charge in [-0.3, -0.25) is 14.6 Å². The molecule has 0 aliphatic carbocycles. The van der Waals surface area contributed by atoms with Gasteiger partial charge in [0, 0.05) is 24.7 Å². The SMILES string of the molecule is CC1=C(c2cc3cnn(CC(F)(F)C(F)(F)F)c3cn2)N([O-])CC(N(C)C(=O)OC(C)(C)C)=C1. The quantitative estimate of drug-likeness (QED) is 0.568. The van der Waals surface area contributed by atoms with Crippen molar-refractivity contribution in [1.29, 1.82) is 0 Å². The first-order valence-electron chi connectivity index (χ1n) is 10.1. The molecule has 0 saturated carbocycles. The summed E-state index contributed by atoms with van der Waals surface area (Å²) >= 11 is 0. The number of hydrogen-bond acceptors (Lipinski definition) is 6. The van der Waals surface area contributed by atoms with Gasteiger partial charge in [-0.2, -0.15) is 27.1 Å². The van der Waals surface area contributed by atoms with E-state index in [1.807, 2.05) is 0 Å². The van der Waals surface area contributed by atoms with Gasteiger partial charge in [-0.15, -0.1) is 0 Å². The Bertz CT molecular complexity index is 1160. The lowest BCUT2D eigenvalue weighted by Crippen LogP contribution is -2.40. The average molecular weight is 488 g/mol. The summed E-state index contributed by atoms with van der Waals surface area (Å²) in [5, 5.41) is 17.3. The summed E-state index contributed by atoms with van der Waals surface area (Å²) in [5.41, 5.74) is 0.430. The number of pyridine rings is 1. The molecule has 0 radical (unpaired) electrons. The fourth-order valence-electron chi connectivity index (χ4n) is 3.28. The fourth-order valence-corrected chi connectivity index (χ4v) is 3.28. The van der Waals surface area contributed by atoms with Gasteiger partial charge in [-0.05, 0) is 45.4 Å². The molecular formula is C21H23F5N5O3-. The Morgan fingerprint density at radius 3 is 2.41 bits per heavy atom. The molecule has 13 heteroatoms. The number of aromatic nitrogens is 3. The molecule has 2 aromatic rings. The number of halogens is 5. The molecule has 1 aliphatic rings. The molecular weight excluding hydrogens is 465 g/mol. The second kappa shape index (κ2) is 8.53. The highest BCUT2D eigenvalue weighted by molar-refractivity contribution is 5.82. The second-order valence-electron chi connectivity index (χ2n) is 8.88. The van der Waals surface area contributed by atoms with Crippen LogP contribution in [0.5, 0.6) is 0 Å². The topological polar surface area (TPSA) is 86.6 Å². The molecule has 0 N–H and O–H groups in total. The van der Waals surface area contributed by atoms with E-state index in [-0.39, 0.29) is 28.8 Å². The number of rotatable bonds is 4. The fraction of sp³-hybridized carbons (Fsp3) is 0.476. The largest absolute Gasteiger partial charge is 0.758 e. The molecule has 0 spiro atoms. The summed E-state index contributed by atoms with van der Waals surface area (Å²) in [7, 11) is 1.47. The van der Waals surface area contributed by atoms with E-state index < -0.39 is 30.3 Å². The lowest BCUT2D eigenvalue weighted by molar-refractivity contribution is -0.287. The van der Waals surface area contributed by atoms with Crippen molar-refractivity contribution in [2.75, 3.05) is 13.6 Å². The van der Waals surface area contributed by atoms with E-state index in [1.165, 1.54) is 18.0 Å². The predicted octanol–water partition coefficient (Wildman–Crippen LogP) is 4.92. The highest BCUT2D eigenvalue weighted by Gasteiger charge is 2.57. The van der Waals surface area contributed by atoms with Crippen LogP contribution in [0.1, 0.15) is 33.4 Å². The first-order valence-corrected chi connectivity index (χ1v) is 10.1. The van der Waals surface area contributed by atoms with Crippen LogP contribution in [0.4, 0.5) is 26.7 Å². The Hall–Kier alpha value is -3.22. The number of amides is 1. The molecule has 186 valence electrons. The van der Waals surface area contributed by atoms with Gasteiger partial charge in [0.1, 0.15) is 12.1 Å². The smallest absolute Gasteiger partial charge is 0.455 e. The van der Waals surface area contributed by atoms with Crippen LogP contribution in [0.15, 0.2) is 35.8 Å². The van der Waals surface area contributed by atoms with Crippen molar-refractivity contribution >= 4 is 22.7 Å². The number of likely N-dealkylation sites (N-methyl/N-ethyl adjacent to an activating group) is 1. The van der Waals surface area contributed by atoms with Gasteiger partial charge in [0.15, 0.2) is 0 Å². The molecule has 2 aromatic heterocycles. The zero-order valence-corrected chi connectivity index (χ0v) is 19.1. The third-order valence-electron chi connectivity index (χ3n) is 4.94. The van der Waals surface area contributed by atoms with E-state index in [4.69, 9.17) is 4.74 Å². The zero-order chi connectivity index (χ0) is 25.6. The highest BCUT2D eigenvalue weighted by Crippen LogP contribution is 2.37. The molecule has 0 bridgehead atoms. The lowest BCUT2D eigenvalue weighted by atomic mass is 10.1. The highest BCUT2D eigenvalue weighted by atomic mass is 19.4. The molecule has 1 amide bonds. The van der Waals surface area contributed by atoms with E-state index in [9.17, 15) is 32.0 Å². The molecule has 0 aromatic carbocycles. The maximum absolute atomic E-state index is 13.4. The van der Waals surface area contributed by atoms with E-state index in [0.29, 0.717) is 21.0 Å². The molecule has 34 heavy (non-hydrogen) atoms. The van der Waals surface area contributed by atoms with Crippen LogP contribution < -0.4 is 0 Å². The third kappa shape index (κ3) is 5.13. The summed E-state index contributed by atoms with van der Waals surface area (Å²) in [6.45, 7) is 4.88. The number of carbonyl (C=O) groups excluding carboxylic acids is 1. The maximum atomic E-state index is 13.4. The van der Waals surface area contributed by atoms with Crippen molar-refractivity contribution in [3.8, 4) is 0 Å². The normalized spacial score (nSPS) is 15.6. The number of alkyl halides is 5. The van der Waals surface area contributed by atoms with Crippen LogP contribution in [0.25, 0.3) is 16.6 Å². The molecule has 0 unspecified atom stereocenters. The zero-order valence-electron chi connectivity index (χ0n) is 19.1. The van der Waals surface area contributed by atoms with Gasteiger partial charge in [-0.1, -0.05) is 0 Å². The van der Waals surface area contributed by atoms with Gasteiger partial charge in [0.2, 0.25) is 0 Å². The number of nitrogens with zero attached hydrogens (tertiary/aromatic N) is 5. The summed E-state index contributed by atoms with van der Waals surface area (Å²) in [6, 6.07) is 1.38. The molecule has 1 aliphatic heterocycles. The van der Waals surface area contributed by atoms with E-state index in [1.54, 1.807) is 33.8 Å². The van der Waals surface area contributed by atoms with Gasteiger partial charge >= 0.3 is 18.2 Å².